The molecule has 1 aliphatic rings. The maximum absolute atomic E-state index is 12.6. The molecule has 0 aromatic heterocycles. The molecule has 0 spiro atoms. The molecule has 1 atom stereocenters. The zero-order valence-electron chi connectivity index (χ0n) is 8.63. The molecule has 2 nitrogen and oxygen atoms in total. The first-order valence-electron chi connectivity index (χ1n) is 4.85. The van der Waals surface area contributed by atoms with Crippen molar-refractivity contribution in [1.29, 1.82) is 5.26 Å². The van der Waals surface area contributed by atoms with Crippen molar-refractivity contribution in [2.75, 3.05) is 18.1 Å². The summed E-state index contributed by atoms with van der Waals surface area (Å²) in [7, 11) is 0. The number of nitriles is 1. The van der Waals surface area contributed by atoms with Gasteiger partial charge in [0.2, 0.25) is 0 Å². The second kappa shape index (κ2) is 3.62. The summed E-state index contributed by atoms with van der Waals surface area (Å²) in [5, 5.41) is 8.56. The Morgan fingerprint density at radius 3 is 2.24 bits per heavy atom. The first kappa shape index (κ1) is 11.7. The van der Waals surface area contributed by atoms with Gasteiger partial charge in [-0.05, 0) is 24.3 Å². The van der Waals surface area contributed by atoms with Crippen LogP contribution in [-0.2, 0) is 0 Å². The van der Waals surface area contributed by atoms with Crippen molar-refractivity contribution >= 4 is 5.69 Å². The van der Waals surface area contributed by atoms with Gasteiger partial charge in [-0.2, -0.15) is 18.4 Å². The van der Waals surface area contributed by atoms with Crippen LogP contribution in [0, 0.1) is 11.3 Å². The van der Waals surface area contributed by atoms with E-state index in [1.807, 2.05) is 6.07 Å². The number of halogens is 4. The summed E-state index contributed by atoms with van der Waals surface area (Å²) < 4.78 is 50.5. The normalized spacial score (nSPS) is 23.4. The molecule has 2 rings (SSSR count). The van der Waals surface area contributed by atoms with E-state index in [0.717, 1.165) is 4.90 Å². The summed E-state index contributed by atoms with van der Waals surface area (Å²) in [5.41, 5.74) is -1.74. The molecule has 17 heavy (non-hydrogen) atoms. The molecule has 0 saturated carbocycles. The third-order valence-corrected chi connectivity index (χ3v) is 2.89. The molecule has 1 unspecified atom stereocenters. The Labute approximate surface area is 95.1 Å². The van der Waals surface area contributed by atoms with E-state index in [0.29, 0.717) is 5.56 Å². The van der Waals surface area contributed by atoms with Crippen LogP contribution in [-0.4, -0.2) is 24.9 Å². The SMILES string of the molecule is N#Cc1ccc(N2CC2(CF)C(F)(F)F)cc1. The van der Waals surface area contributed by atoms with Crippen LogP contribution >= 0.6 is 0 Å². The van der Waals surface area contributed by atoms with Gasteiger partial charge in [0.1, 0.15) is 6.67 Å². The Kier molecular flexibility index (Phi) is 2.49. The average molecular weight is 244 g/mol. The van der Waals surface area contributed by atoms with E-state index >= 15 is 0 Å². The van der Waals surface area contributed by atoms with Crippen molar-refractivity contribution in [3.8, 4) is 6.07 Å². The molecule has 1 saturated heterocycles. The number of anilines is 1. The number of hydrogen-bond acceptors (Lipinski definition) is 2. The molecule has 1 aromatic rings. The quantitative estimate of drug-likeness (QED) is 0.590. The smallest absolute Gasteiger partial charge is 0.351 e. The predicted octanol–water partition coefficient (Wildman–Crippen LogP) is 2.65. The summed E-state index contributed by atoms with van der Waals surface area (Å²) in [4.78, 5) is 0.953. The molecule has 0 aliphatic carbocycles. The van der Waals surface area contributed by atoms with Crippen LogP contribution in [0.4, 0.5) is 23.2 Å². The highest BCUT2D eigenvalue weighted by Crippen LogP contribution is 2.49. The van der Waals surface area contributed by atoms with E-state index in [2.05, 4.69) is 0 Å². The molecule has 1 aromatic carbocycles. The Hall–Kier alpha value is -1.77. The van der Waals surface area contributed by atoms with E-state index in [1.165, 1.54) is 24.3 Å². The van der Waals surface area contributed by atoms with Crippen LogP contribution in [0.15, 0.2) is 24.3 Å². The molecule has 0 bridgehead atoms. The van der Waals surface area contributed by atoms with Gasteiger partial charge < -0.3 is 4.90 Å². The number of rotatable bonds is 2. The minimum absolute atomic E-state index is 0.277. The fourth-order valence-corrected chi connectivity index (χ4v) is 1.71. The Morgan fingerprint density at radius 1 is 1.29 bits per heavy atom. The van der Waals surface area contributed by atoms with Crippen LogP contribution in [0.25, 0.3) is 0 Å². The lowest BCUT2D eigenvalue weighted by Crippen LogP contribution is -2.39. The van der Waals surface area contributed by atoms with Crippen molar-refractivity contribution in [1.82, 2.24) is 0 Å². The topological polar surface area (TPSA) is 26.8 Å². The third kappa shape index (κ3) is 1.71. The van der Waals surface area contributed by atoms with Gasteiger partial charge in [-0.3, -0.25) is 0 Å². The van der Waals surface area contributed by atoms with Crippen molar-refractivity contribution in [3.05, 3.63) is 29.8 Å². The first-order valence-corrected chi connectivity index (χ1v) is 4.85. The molecule has 1 fully saturated rings. The number of benzene rings is 1. The lowest BCUT2D eigenvalue weighted by molar-refractivity contribution is -0.159. The molecule has 0 amide bonds. The van der Waals surface area contributed by atoms with Crippen molar-refractivity contribution in [3.63, 3.8) is 0 Å². The summed E-state index contributed by atoms with van der Waals surface area (Å²) in [6.07, 6.45) is -4.59. The van der Waals surface area contributed by atoms with Gasteiger partial charge in [0, 0.05) is 5.69 Å². The molecule has 1 aliphatic heterocycles. The second-order valence-electron chi connectivity index (χ2n) is 3.91. The second-order valence-corrected chi connectivity index (χ2v) is 3.91. The highest BCUT2D eigenvalue weighted by molar-refractivity contribution is 5.60. The number of hydrogen-bond donors (Lipinski definition) is 0. The Morgan fingerprint density at radius 2 is 1.88 bits per heavy atom. The van der Waals surface area contributed by atoms with Crippen LogP contribution in [0.5, 0.6) is 0 Å². The lowest BCUT2D eigenvalue weighted by atomic mass is 10.1. The zero-order chi connectivity index (χ0) is 12.7. The van der Waals surface area contributed by atoms with Crippen LogP contribution in [0.2, 0.25) is 0 Å². The molecular weight excluding hydrogens is 236 g/mol. The van der Waals surface area contributed by atoms with Crippen LogP contribution in [0.1, 0.15) is 5.56 Å². The van der Waals surface area contributed by atoms with Crippen LogP contribution in [0.3, 0.4) is 0 Å². The minimum atomic E-state index is -4.59. The fourth-order valence-electron chi connectivity index (χ4n) is 1.71. The highest BCUT2D eigenvalue weighted by Gasteiger charge is 2.70. The van der Waals surface area contributed by atoms with Gasteiger partial charge in [0.05, 0.1) is 18.2 Å². The van der Waals surface area contributed by atoms with Gasteiger partial charge in [-0.15, -0.1) is 0 Å². The van der Waals surface area contributed by atoms with Crippen molar-refractivity contribution < 1.29 is 17.6 Å². The molecule has 1 heterocycles. The van der Waals surface area contributed by atoms with Crippen LogP contribution < -0.4 is 4.90 Å². The molecule has 6 heteroatoms. The zero-order valence-corrected chi connectivity index (χ0v) is 8.63. The average Bonchev–Trinajstić information content (AvgIpc) is 3.04. The predicted molar refractivity (Wildman–Crippen MR) is 53.3 cm³/mol. The van der Waals surface area contributed by atoms with Gasteiger partial charge in [-0.25, -0.2) is 4.39 Å². The summed E-state index contributed by atoms with van der Waals surface area (Å²) in [6.45, 7) is -1.84. The molecule has 0 N–H and O–H groups in total. The third-order valence-electron chi connectivity index (χ3n) is 2.89. The van der Waals surface area contributed by atoms with E-state index in [4.69, 9.17) is 5.26 Å². The van der Waals surface area contributed by atoms with Crippen molar-refractivity contribution in [2.45, 2.75) is 11.7 Å². The maximum Gasteiger partial charge on any atom is 0.415 e. The molecular formula is C11H8F4N2. The van der Waals surface area contributed by atoms with Gasteiger partial charge >= 0.3 is 6.18 Å². The first-order chi connectivity index (χ1) is 7.94. The number of alkyl halides is 4. The summed E-state index contributed by atoms with van der Waals surface area (Å²) in [5.74, 6) is 0. The largest absolute Gasteiger partial charge is 0.415 e. The van der Waals surface area contributed by atoms with E-state index < -0.39 is 18.4 Å². The van der Waals surface area contributed by atoms with E-state index in [9.17, 15) is 17.6 Å². The van der Waals surface area contributed by atoms with E-state index in [1.54, 1.807) is 0 Å². The number of nitrogens with zero attached hydrogens (tertiary/aromatic N) is 2. The fraction of sp³-hybridized carbons (Fsp3) is 0.364. The highest BCUT2D eigenvalue weighted by atomic mass is 19.4. The monoisotopic (exact) mass is 244 g/mol. The summed E-state index contributed by atoms with van der Waals surface area (Å²) >= 11 is 0. The Bertz CT molecular complexity index is 460. The van der Waals surface area contributed by atoms with Crippen molar-refractivity contribution in [2.24, 2.45) is 0 Å². The van der Waals surface area contributed by atoms with Gasteiger partial charge in [-0.1, -0.05) is 0 Å². The standard InChI is InChI=1S/C11H8F4N2/c12-6-10(11(13,14)15)7-17(10)9-3-1-8(5-16)2-4-9/h1-4H,6-7H2. The molecule has 0 radical (unpaired) electrons. The lowest BCUT2D eigenvalue weighted by Gasteiger charge is -2.18. The van der Waals surface area contributed by atoms with Gasteiger partial charge in [0.15, 0.2) is 5.54 Å². The van der Waals surface area contributed by atoms with Gasteiger partial charge in [0.25, 0.3) is 0 Å². The van der Waals surface area contributed by atoms with E-state index in [-0.39, 0.29) is 12.2 Å². The Balaban J connectivity index is 2.24. The summed E-state index contributed by atoms with van der Waals surface area (Å²) in [6, 6.07) is 7.46. The molecule has 90 valence electrons. The maximum atomic E-state index is 12.6. The minimum Gasteiger partial charge on any atom is -0.351 e.